The van der Waals surface area contributed by atoms with Crippen LogP contribution in [0.3, 0.4) is 0 Å². The molecule has 0 aromatic carbocycles. The van der Waals surface area contributed by atoms with E-state index in [-0.39, 0.29) is 11.7 Å². The molecule has 15 heavy (non-hydrogen) atoms. The second-order valence-corrected chi connectivity index (χ2v) is 3.65. The first-order chi connectivity index (χ1) is 7.22. The summed E-state index contributed by atoms with van der Waals surface area (Å²) >= 11 is 0. The number of carbonyl (C=O) groups excluding carboxylic acids is 1. The normalized spacial score (nSPS) is 10.9. The summed E-state index contributed by atoms with van der Waals surface area (Å²) in [6, 6.07) is 0. The molecule has 0 aliphatic heterocycles. The molecule has 0 bridgehead atoms. The van der Waals surface area contributed by atoms with Gasteiger partial charge in [0.25, 0.3) is 0 Å². The minimum Gasteiger partial charge on any atom is -0.299 e. The van der Waals surface area contributed by atoms with Gasteiger partial charge < -0.3 is 0 Å². The Morgan fingerprint density at radius 2 is 2.07 bits per heavy atom. The van der Waals surface area contributed by atoms with Gasteiger partial charge in [-0.2, -0.15) is 5.10 Å². The van der Waals surface area contributed by atoms with E-state index in [1.807, 2.05) is 6.92 Å². The number of hydrogen-bond acceptors (Lipinski definition) is 3. The Hall–Kier alpha value is -1.19. The number of rotatable bonds is 6. The van der Waals surface area contributed by atoms with Gasteiger partial charge >= 0.3 is 0 Å². The van der Waals surface area contributed by atoms with Crippen LogP contribution in [0.2, 0.25) is 0 Å². The van der Waals surface area contributed by atoms with Crippen molar-refractivity contribution in [2.45, 2.75) is 46.6 Å². The molecule has 0 spiro atoms. The average molecular weight is 209 g/mol. The number of carbonyl (C=O) groups is 1. The molecule has 0 saturated carbocycles. The van der Waals surface area contributed by atoms with Crippen LogP contribution < -0.4 is 0 Å². The standard InChI is InChI=1S/C11H19N3O/c1-4-9(5-2)10(15)7-11-12-8-13-14(11)6-3/h8-9H,4-7H2,1-3H3. The molecule has 1 aromatic rings. The third-order valence-corrected chi connectivity index (χ3v) is 2.77. The summed E-state index contributed by atoms with van der Waals surface area (Å²) in [6.45, 7) is 6.87. The molecule has 4 heteroatoms. The van der Waals surface area contributed by atoms with E-state index in [2.05, 4.69) is 23.9 Å². The van der Waals surface area contributed by atoms with E-state index in [4.69, 9.17) is 0 Å². The molecule has 1 rings (SSSR count). The summed E-state index contributed by atoms with van der Waals surface area (Å²) < 4.78 is 1.78. The highest BCUT2D eigenvalue weighted by atomic mass is 16.1. The number of nitrogens with zero attached hydrogens (tertiary/aromatic N) is 3. The molecule has 0 aliphatic rings. The zero-order valence-electron chi connectivity index (χ0n) is 9.73. The molecule has 4 nitrogen and oxygen atoms in total. The second-order valence-electron chi connectivity index (χ2n) is 3.65. The van der Waals surface area contributed by atoms with Crippen LogP contribution in [-0.2, 0) is 17.8 Å². The summed E-state index contributed by atoms with van der Waals surface area (Å²) in [7, 11) is 0. The van der Waals surface area contributed by atoms with E-state index in [9.17, 15) is 4.79 Å². The first kappa shape index (κ1) is 11.9. The van der Waals surface area contributed by atoms with Crippen molar-refractivity contribution in [2.24, 2.45) is 5.92 Å². The highest BCUT2D eigenvalue weighted by Gasteiger charge is 2.17. The van der Waals surface area contributed by atoms with Gasteiger partial charge in [0.15, 0.2) is 0 Å². The number of Topliss-reactive ketones (excluding diaryl/α,β-unsaturated/α-hetero) is 1. The van der Waals surface area contributed by atoms with Gasteiger partial charge in [0.05, 0.1) is 6.42 Å². The van der Waals surface area contributed by atoms with E-state index in [0.717, 1.165) is 25.2 Å². The summed E-state index contributed by atoms with van der Waals surface area (Å²) in [5, 5.41) is 4.05. The topological polar surface area (TPSA) is 47.8 Å². The van der Waals surface area contributed by atoms with Gasteiger partial charge in [0, 0.05) is 12.5 Å². The largest absolute Gasteiger partial charge is 0.299 e. The van der Waals surface area contributed by atoms with Crippen LogP contribution in [0.4, 0.5) is 0 Å². The van der Waals surface area contributed by atoms with Crippen molar-refractivity contribution in [3.8, 4) is 0 Å². The molecule has 0 amide bonds. The molecule has 1 aromatic heterocycles. The monoisotopic (exact) mass is 209 g/mol. The van der Waals surface area contributed by atoms with Crippen molar-refractivity contribution in [1.82, 2.24) is 14.8 Å². The van der Waals surface area contributed by atoms with Crippen LogP contribution in [0.5, 0.6) is 0 Å². The molecule has 0 radical (unpaired) electrons. The summed E-state index contributed by atoms with van der Waals surface area (Å²) in [5.74, 6) is 1.24. The minimum absolute atomic E-state index is 0.173. The number of ketones is 1. The van der Waals surface area contributed by atoms with Crippen LogP contribution in [0.1, 0.15) is 39.4 Å². The lowest BCUT2D eigenvalue weighted by Crippen LogP contribution is -2.18. The van der Waals surface area contributed by atoms with Gasteiger partial charge in [-0.3, -0.25) is 4.79 Å². The Kier molecular flexibility index (Phi) is 4.46. The van der Waals surface area contributed by atoms with Gasteiger partial charge in [0.1, 0.15) is 17.9 Å². The van der Waals surface area contributed by atoms with Crippen molar-refractivity contribution in [2.75, 3.05) is 0 Å². The predicted molar refractivity (Wildman–Crippen MR) is 58.5 cm³/mol. The van der Waals surface area contributed by atoms with Crippen LogP contribution >= 0.6 is 0 Å². The fraction of sp³-hybridized carbons (Fsp3) is 0.727. The van der Waals surface area contributed by atoms with Crippen LogP contribution in [-0.4, -0.2) is 20.5 Å². The van der Waals surface area contributed by atoms with Gasteiger partial charge in [-0.05, 0) is 19.8 Å². The van der Waals surface area contributed by atoms with Crippen molar-refractivity contribution < 1.29 is 4.79 Å². The highest BCUT2D eigenvalue weighted by molar-refractivity contribution is 5.82. The second kappa shape index (κ2) is 5.63. The average Bonchev–Trinajstić information content (AvgIpc) is 2.67. The van der Waals surface area contributed by atoms with E-state index in [1.54, 1.807) is 4.68 Å². The van der Waals surface area contributed by atoms with Gasteiger partial charge in [-0.15, -0.1) is 0 Å². The minimum atomic E-state index is 0.173. The van der Waals surface area contributed by atoms with Crippen molar-refractivity contribution in [1.29, 1.82) is 0 Å². The lowest BCUT2D eigenvalue weighted by Gasteiger charge is -2.10. The maximum Gasteiger partial charge on any atom is 0.143 e. The lowest BCUT2D eigenvalue weighted by atomic mass is 9.96. The van der Waals surface area contributed by atoms with Crippen LogP contribution in [0.15, 0.2) is 6.33 Å². The fourth-order valence-corrected chi connectivity index (χ4v) is 1.73. The third-order valence-electron chi connectivity index (χ3n) is 2.77. The van der Waals surface area contributed by atoms with E-state index in [0.29, 0.717) is 6.42 Å². The predicted octanol–water partition coefficient (Wildman–Crippen LogP) is 1.85. The Labute approximate surface area is 90.7 Å². The van der Waals surface area contributed by atoms with Crippen molar-refractivity contribution in [3.63, 3.8) is 0 Å². The quantitative estimate of drug-likeness (QED) is 0.718. The molecule has 0 aliphatic carbocycles. The zero-order chi connectivity index (χ0) is 11.3. The lowest BCUT2D eigenvalue weighted by molar-refractivity contribution is -0.122. The summed E-state index contributed by atoms with van der Waals surface area (Å²) in [4.78, 5) is 16.0. The molecule has 0 N–H and O–H groups in total. The van der Waals surface area contributed by atoms with Gasteiger partial charge in [0.2, 0.25) is 0 Å². The Morgan fingerprint density at radius 1 is 1.40 bits per heavy atom. The Balaban J connectivity index is 2.65. The number of hydrogen-bond donors (Lipinski definition) is 0. The highest BCUT2D eigenvalue weighted by Crippen LogP contribution is 2.11. The maximum atomic E-state index is 11.9. The molecule has 1 heterocycles. The summed E-state index contributed by atoms with van der Waals surface area (Å²) in [6.07, 6.45) is 3.75. The van der Waals surface area contributed by atoms with Crippen LogP contribution in [0.25, 0.3) is 0 Å². The fourth-order valence-electron chi connectivity index (χ4n) is 1.73. The van der Waals surface area contributed by atoms with E-state index >= 15 is 0 Å². The first-order valence-corrected chi connectivity index (χ1v) is 5.62. The molecule has 84 valence electrons. The SMILES string of the molecule is CCC(CC)C(=O)Cc1ncnn1CC. The van der Waals surface area contributed by atoms with Gasteiger partial charge in [-0.1, -0.05) is 13.8 Å². The summed E-state index contributed by atoms with van der Waals surface area (Å²) in [5.41, 5.74) is 0. The smallest absolute Gasteiger partial charge is 0.143 e. The molecular weight excluding hydrogens is 190 g/mol. The maximum absolute atomic E-state index is 11.9. The van der Waals surface area contributed by atoms with E-state index in [1.165, 1.54) is 6.33 Å². The molecule has 0 saturated heterocycles. The molecule has 0 atom stereocenters. The Bertz CT molecular complexity index is 315. The van der Waals surface area contributed by atoms with Crippen molar-refractivity contribution in [3.05, 3.63) is 12.2 Å². The number of aromatic nitrogens is 3. The van der Waals surface area contributed by atoms with Gasteiger partial charge in [-0.25, -0.2) is 9.67 Å². The van der Waals surface area contributed by atoms with E-state index < -0.39 is 0 Å². The first-order valence-electron chi connectivity index (χ1n) is 5.62. The molecule has 0 unspecified atom stereocenters. The molecule has 0 fully saturated rings. The molecular formula is C11H19N3O. The Morgan fingerprint density at radius 3 is 2.60 bits per heavy atom. The van der Waals surface area contributed by atoms with Crippen LogP contribution in [0, 0.1) is 5.92 Å². The van der Waals surface area contributed by atoms with Crippen molar-refractivity contribution >= 4 is 5.78 Å². The zero-order valence-corrected chi connectivity index (χ0v) is 9.73. The number of aryl methyl sites for hydroxylation is 1. The third kappa shape index (κ3) is 2.88.